The van der Waals surface area contributed by atoms with Gasteiger partial charge in [0.05, 0.1) is 19.8 Å². The summed E-state index contributed by atoms with van der Waals surface area (Å²) in [6.07, 6.45) is 0. The molecule has 0 unspecified atom stereocenters. The first kappa shape index (κ1) is 22.7. The zero-order valence-electron chi connectivity index (χ0n) is 16.6. The zero-order chi connectivity index (χ0) is 23.6. The molecule has 0 bridgehead atoms. The third-order valence-corrected chi connectivity index (χ3v) is 4.54. The second-order valence-corrected chi connectivity index (χ2v) is 6.38. The van der Waals surface area contributed by atoms with Crippen LogP contribution in [-0.4, -0.2) is 26.1 Å². The lowest BCUT2D eigenvalue weighted by atomic mass is 9.97. The highest BCUT2D eigenvalue weighted by Crippen LogP contribution is 2.31. The van der Waals surface area contributed by atoms with Gasteiger partial charge in [-0.1, -0.05) is 12.1 Å². The number of ether oxygens (including phenoxy) is 2. The van der Waals surface area contributed by atoms with Gasteiger partial charge in [0.15, 0.2) is 23.3 Å². The Bertz CT molecular complexity index is 1180. The van der Waals surface area contributed by atoms with E-state index in [0.29, 0.717) is 11.3 Å². The number of amides is 1. The molecule has 3 aromatic rings. The van der Waals surface area contributed by atoms with Crippen molar-refractivity contribution in [1.29, 1.82) is 0 Å². The van der Waals surface area contributed by atoms with Crippen LogP contribution in [0.2, 0.25) is 0 Å². The second kappa shape index (κ2) is 9.04. The van der Waals surface area contributed by atoms with Crippen molar-refractivity contribution in [3.8, 4) is 16.9 Å². The van der Waals surface area contributed by atoms with Crippen LogP contribution in [0.5, 0.6) is 5.75 Å². The Morgan fingerprint density at radius 3 is 1.88 bits per heavy atom. The van der Waals surface area contributed by atoms with Gasteiger partial charge in [0.1, 0.15) is 11.4 Å². The van der Waals surface area contributed by atoms with Gasteiger partial charge in [-0.3, -0.25) is 4.79 Å². The fraction of sp³-hybridized carbons (Fsp3) is 0.0909. The summed E-state index contributed by atoms with van der Waals surface area (Å²) in [4.78, 5) is 24.4. The Balaban J connectivity index is 2.06. The van der Waals surface area contributed by atoms with Crippen molar-refractivity contribution in [3.05, 3.63) is 82.7 Å². The Morgan fingerprint density at radius 1 is 0.781 bits per heavy atom. The van der Waals surface area contributed by atoms with E-state index in [9.17, 15) is 31.5 Å². The minimum absolute atomic E-state index is 0.152. The van der Waals surface area contributed by atoms with E-state index in [2.05, 4.69) is 4.74 Å². The van der Waals surface area contributed by atoms with Gasteiger partial charge >= 0.3 is 5.97 Å². The maximum atomic E-state index is 14.0. The van der Waals surface area contributed by atoms with Gasteiger partial charge in [0, 0.05) is 5.56 Å². The minimum Gasteiger partial charge on any atom is -0.497 e. The Hall–Kier alpha value is -3.95. The third kappa shape index (κ3) is 4.11. The normalized spacial score (nSPS) is 10.6. The van der Waals surface area contributed by atoms with Crippen LogP contribution in [-0.2, 0) is 4.74 Å². The minimum atomic E-state index is -2.34. The molecule has 1 amide bonds. The average molecular weight is 451 g/mol. The summed E-state index contributed by atoms with van der Waals surface area (Å²) in [5, 5.41) is 1.74. The quantitative estimate of drug-likeness (QED) is 0.254. The van der Waals surface area contributed by atoms with Gasteiger partial charge in [0.2, 0.25) is 5.82 Å². The smallest absolute Gasteiger partial charge is 0.337 e. The van der Waals surface area contributed by atoms with E-state index >= 15 is 0 Å². The Kier molecular flexibility index (Phi) is 6.42. The molecule has 3 rings (SSSR count). The Morgan fingerprint density at radius 2 is 1.34 bits per heavy atom. The highest BCUT2D eigenvalue weighted by Gasteiger charge is 2.27. The molecule has 0 heterocycles. The number of carbonyl (C=O) groups is 2. The molecular weight excluding hydrogens is 437 g/mol. The van der Waals surface area contributed by atoms with Crippen LogP contribution in [0, 0.1) is 29.1 Å². The lowest BCUT2D eigenvalue weighted by Gasteiger charge is -2.14. The lowest BCUT2D eigenvalue weighted by molar-refractivity contribution is 0.0600. The van der Waals surface area contributed by atoms with Crippen molar-refractivity contribution in [2.75, 3.05) is 19.5 Å². The molecule has 0 aliphatic heterocycles. The molecular formula is C22H14F5NO4. The fourth-order valence-electron chi connectivity index (χ4n) is 2.89. The van der Waals surface area contributed by atoms with Gasteiger partial charge in [-0.2, -0.15) is 0 Å². The van der Waals surface area contributed by atoms with Gasteiger partial charge < -0.3 is 14.8 Å². The van der Waals surface area contributed by atoms with E-state index in [0.717, 1.165) is 0 Å². The molecule has 0 saturated carbocycles. The average Bonchev–Trinajstić information content (AvgIpc) is 2.83. The summed E-state index contributed by atoms with van der Waals surface area (Å²) >= 11 is 0. The van der Waals surface area contributed by atoms with E-state index in [1.165, 1.54) is 56.7 Å². The van der Waals surface area contributed by atoms with Gasteiger partial charge in [-0.05, 0) is 41.5 Å². The molecule has 0 aliphatic rings. The molecule has 1 N–H and O–H groups in total. The molecule has 0 aromatic heterocycles. The summed E-state index contributed by atoms with van der Waals surface area (Å²) in [5.74, 6) is -12.5. The number of anilines is 1. The van der Waals surface area contributed by atoms with E-state index < -0.39 is 46.6 Å². The second-order valence-electron chi connectivity index (χ2n) is 6.38. The monoisotopic (exact) mass is 451 g/mol. The first-order valence-corrected chi connectivity index (χ1v) is 8.89. The van der Waals surface area contributed by atoms with Gasteiger partial charge in [-0.15, -0.1) is 0 Å². The highest BCUT2D eigenvalue weighted by molar-refractivity contribution is 6.09. The summed E-state index contributed by atoms with van der Waals surface area (Å²) in [7, 11) is 2.58. The Labute approximate surface area is 178 Å². The van der Waals surface area contributed by atoms with Crippen molar-refractivity contribution in [3.63, 3.8) is 0 Å². The van der Waals surface area contributed by atoms with Crippen LogP contribution in [0.1, 0.15) is 20.7 Å². The van der Waals surface area contributed by atoms with Crippen LogP contribution in [0.3, 0.4) is 0 Å². The van der Waals surface area contributed by atoms with Crippen molar-refractivity contribution < 1.29 is 41.0 Å². The van der Waals surface area contributed by atoms with E-state index in [1.807, 2.05) is 0 Å². The summed E-state index contributed by atoms with van der Waals surface area (Å²) in [5.41, 5.74) is -0.789. The fourth-order valence-corrected chi connectivity index (χ4v) is 2.89. The predicted molar refractivity (Wildman–Crippen MR) is 104 cm³/mol. The highest BCUT2D eigenvalue weighted by atomic mass is 19.2. The molecule has 166 valence electrons. The van der Waals surface area contributed by atoms with Crippen LogP contribution in [0.15, 0.2) is 42.5 Å². The number of carbonyl (C=O) groups excluding carboxylic acids is 2. The molecule has 0 atom stereocenters. The number of nitrogens with one attached hydrogen (secondary N) is 1. The van der Waals surface area contributed by atoms with Crippen molar-refractivity contribution in [2.45, 2.75) is 0 Å². The van der Waals surface area contributed by atoms with Crippen LogP contribution < -0.4 is 10.1 Å². The standard InChI is InChI=1S/C22H14F5NO4/c1-31-12-7-8-13(14(9-12)10-3-5-11(6-4-10)22(30)32-2)21(29)28-20-18(26)16(24)15(23)17(25)19(20)27/h3-9H,1-2H3,(H,28,29). The van der Waals surface area contributed by atoms with Crippen molar-refractivity contribution >= 4 is 17.6 Å². The number of hydrogen-bond donors (Lipinski definition) is 1. The molecule has 3 aromatic carbocycles. The first-order valence-electron chi connectivity index (χ1n) is 8.89. The number of hydrogen-bond acceptors (Lipinski definition) is 4. The largest absolute Gasteiger partial charge is 0.497 e. The number of methoxy groups -OCH3 is 2. The number of benzene rings is 3. The molecule has 0 saturated heterocycles. The summed E-state index contributed by atoms with van der Waals surface area (Å²) in [6, 6.07) is 9.87. The van der Waals surface area contributed by atoms with Gasteiger partial charge in [0.25, 0.3) is 5.91 Å². The SMILES string of the molecule is COC(=O)c1ccc(-c2cc(OC)ccc2C(=O)Nc2c(F)c(F)c(F)c(F)c2F)cc1. The van der Waals surface area contributed by atoms with Crippen molar-refractivity contribution in [1.82, 2.24) is 0 Å². The predicted octanol–water partition coefficient (Wildman–Crippen LogP) is 5.10. The first-order chi connectivity index (χ1) is 15.2. The molecule has 5 nitrogen and oxygen atoms in total. The molecule has 0 aliphatic carbocycles. The molecule has 10 heteroatoms. The summed E-state index contributed by atoms with van der Waals surface area (Å²) in [6.45, 7) is 0. The zero-order valence-corrected chi connectivity index (χ0v) is 16.6. The van der Waals surface area contributed by atoms with E-state index in [1.54, 1.807) is 5.32 Å². The molecule has 0 spiro atoms. The third-order valence-electron chi connectivity index (χ3n) is 4.54. The molecule has 0 radical (unpaired) electrons. The van der Waals surface area contributed by atoms with Crippen LogP contribution in [0.25, 0.3) is 11.1 Å². The van der Waals surface area contributed by atoms with Crippen LogP contribution >= 0.6 is 0 Å². The maximum Gasteiger partial charge on any atom is 0.337 e. The lowest BCUT2D eigenvalue weighted by Crippen LogP contribution is -2.17. The van der Waals surface area contributed by atoms with E-state index in [4.69, 9.17) is 4.74 Å². The van der Waals surface area contributed by atoms with Gasteiger partial charge in [-0.25, -0.2) is 26.7 Å². The van der Waals surface area contributed by atoms with Crippen molar-refractivity contribution in [2.24, 2.45) is 0 Å². The number of halogens is 5. The van der Waals surface area contributed by atoms with Crippen LogP contribution in [0.4, 0.5) is 27.6 Å². The summed E-state index contributed by atoms with van der Waals surface area (Å²) < 4.78 is 77.9. The van der Waals surface area contributed by atoms with E-state index in [-0.39, 0.29) is 16.7 Å². The molecule has 0 fully saturated rings. The number of esters is 1. The molecule has 32 heavy (non-hydrogen) atoms. The topological polar surface area (TPSA) is 64.6 Å². The maximum absolute atomic E-state index is 14.0. The number of rotatable bonds is 5.